The molecule has 5 nitrogen and oxygen atoms in total. The molecule has 7 heteroatoms. The van der Waals surface area contributed by atoms with E-state index in [0.29, 0.717) is 6.54 Å². The summed E-state index contributed by atoms with van der Waals surface area (Å²) in [6.45, 7) is 6.66. The van der Waals surface area contributed by atoms with E-state index in [4.69, 9.17) is 0 Å². The van der Waals surface area contributed by atoms with Gasteiger partial charge in [0.05, 0.1) is 12.2 Å². The molecule has 1 amide bonds. The van der Waals surface area contributed by atoms with Crippen LogP contribution in [0, 0.1) is 0 Å². The Morgan fingerprint density at radius 1 is 1.37 bits per heavy atom. The first-order valence-electron chi connectivity index (χ1n) is 8.75. The SMILES string of the molecule is C=CCSc1ccccc1NC(=O)CN1CCNCC1c1cccnc1.Cl. The molecular weight excluding hydrogens is 380 g/mol. The Bertz CT molecular complexity index is 744. The van der Waals surface area contributed by atoms with Crippen molar-refractivity contribution in [1.82, 2.24) is 15.2 Å². The van der Waals surface area contributed by atoms with E-state index in [2.05, 4.69) is 33.2 Å². The average molecular weight is 405 g/mol. The predicted molar refractivity (Wildman–Crippen MR) is 115 cm³/mol. The predicted octanol–water partition coefficient (Wildman–Crippen LogP) is 3.37. The van der Waals surface area contributed by atoms with E-state index in [1.807, 2.05) is 42.6 Å². The molecule has 0 spiro atoms. The van der Waals surface area contributed by atoms with Crippen LogP contribution in [-0.4, -0.2) is 47.7 Å². The van der Waals surface area contributed by atoms with Gasteiger partial charge in [-0.1, -0.05) is 24.3 Å². The third-order valence-corrected chi connectivity index (χ3v) is 5.36. The topological polar surface area (TPSA) is 57.3 Å². The number of amides is 1. The molecule has 1 unspecified atom stereocenters. The average Bonchev–Trinajstić information content (AvgIpc) is 2.68. The number of pyridine rings is 1. The van der Waals surface area contributed by atoms with Crippen LogP contribution in [0.5, 0.6) is 0 Å². The molecule has 0 aliphatic carbocycles. The first-order chi connectivity index (χ1) is 12.8. The summed E-state index contributed by atoms with van der Waals surface area (Å²) in [5, 5.41) is 6.47. The molecule has 1 fully saturated rings. The molecule has 2 aromatic rings. The number of carbonyl (C=O) groups is 1. The van der Waals surface area contributed by atoms with Crippen molar-refractivity contribution in [3.8, 4) is 0 Å². The number of halogens is 1. The number of piperazine rings is 1. The number of rotatable bonds is 7. The van der Waals surface area contributed by atoms with Crippen LogP contribution in [0.4, 0.5) is 5.69 Å². The van der Waals surface area contributed by atoms with Crippen molar-refractivity contribution in [2.75, 3.05) is 37.2 Å². The minimum Gasteiger partial charge on any atom is -0.324 e. The number of hydrogen-bond acceptors (Lipinski definition) is 5. The molecule has 1 aromatic heterocycles. The lowest BCUT2D eigenvalue weighted by molar-refractivity contribution is -0.118. The number of benzene rings is 1. The van der Waals surface area contributed by atoms with Crippen molar-refractivity contribution in [3.05, 3.63) is 67.0 Å². The fourth-order valence-electron chi connectivity index (χ4n) is 3.06. The minimum absolute atomic E-state index is 0. The molecule has 2 N–H and O–H groups in total. The number of nitrogens with zero attached hydrogens (tertiary/aromatic N) is 2. The second-order valence-corrected chi connectivity index (χ2v) is 7.18. The zero-order valence-electron chi connectivity index (χ0n) is 15.1. The Morgan fingerprint density at radius 2 is 2.22 bits per heavy atom. The fourth-order valence-corrected chi connectivity index (χ4v) is 3.80. The lowest BCUT2D eigenvalue weighted by Gasteiger charge is -2.35. The van der Waals surface area contributed by atoms with Crippen molar-refractivity contribution in [1.29, 1.82) is 0 Å². The van der Waals surface area contributed by atoms with Crippen molar-refractivity contribution in [2.45, 2.75) is 10.9 Å². The number of aromatic nitrogens is 1. The lowest BCUT2D eigenvalue weighted by Crippen LogP contribution is -2.48. The molecule has 144 valence electrons. The third kappa shape index (κ3) is 6.07. The second kappa shape index (κ2) is 11.1. The van der Waals surface area contributed by atoms with E-state index in [-0.39, 0.29) is 24.4 Å². The van der Waals surface area contributed by atoms with Gasteiger partial charge in [0.15, 0.2) is 0 Å². The molecule has 1 saturated heterocycles. The molecule has 1 atom stereocenters. The zero-order chi connectivity index (χ0) is 18.2. The summed E-state index contributed by atoms with van der Waals surface area (Å²) < 4.78 is 0. The highest BCUT2D eigenvalue weighted by atomic mass is 35.5. The van der Waals surface area contributed by atoms with E-state index in [1.54, 1.807) is 18.0 Å². The van der Waals surface area contributed by atoms with Gasteiger partial charge in [0, 0.05) is 48.7 Å². The monoisotopic (exact) mass is 404 g/mol. The van der Waals surface area contributed by atoms with Gasteiger partial charge < -0.3 is 10.6 Å². The number of thioether (sulfide) groups is 1. The highest BCUT2D eigenvalue weighted by molar-refractivity contribution is 7.99. The normalized spacial score (nSPS) is 17.0. The standard InChI is InChI=1S/C20H24N4OS.ClH/c1-2-12-26-19-8-4-3-7-17(19)23-20(25)15-24-11-10-22-14-18(24)16-6-5-9-21-13-16;/h2-9,13,18,22H,1,10-12,14-15H2,(H,23,25);1H. The van der Waals surface area contributed by atoms with Crippen LogP contribution in [0.1, 0.15) is 11.6 Å². The van der Waals surface area contributed by atoms with Crippen molar-refractivity contribution < 1.29 is 4.79 Å². The van der Waals surface area contributed by atoms with E-state index < -0.39 is 0 Å². The summed E-state index contributed by atoms with van der Waals surface area (Å²) in [4.78, 5) is 20.2. The maximum absolute atomic E-state index is 12.7. The zero-order valence-corrected chi connectivity index (χ0v) is 16.8. The number of para-hydroxylation sites is 1. The molecule has 27 heavy (non-hydrogen) atoms. The Balaban J connectivity index is 0.00000261. The van der Waals surface area contributed by atoms with Crippen molar-refractivity contribution >= 4 is 35.8 Å². The van der Waals surface area contributed by atoms with Gasteiger partial charge in [0.25, 0.3) is 0 Å². The van der Waals surface area contributed by atoms with Crippen molar-refractivity contribution in [2.24, 2.45) is 0 Å². The lowest BCUT2D eigenvalue weighted by atomic mass is 10.1. The van der Waals surface area contributed by atoms with Crippen LogP contribution in [0.15, 0.2) is 66.3 Å². The molecule has 0 saturated carbocycles. The van der Waals surface area contributed by atoms with Gasteiger partial charge in [-0.2, -0.15) is 0 Å². The number of carbonyl (C=O) groups excluding carboxylic acids is 1. The Hall–Kier alpha value is -1.86. The summed E-state index contributed by atoms with van der Waals surface area (Å²) >= 11 is 1.67. The summed E-state index contributed by atoms with van der Waals surface area (Å²) in [6.07, 6.45) is 5.51. The summed E-state index contributed by atoms with van der Waals surface area (Å²) in [7, 11) is 0. The van der Waals surface area contributed by atoms with E-state index in [1.165, 1.54) is 0 Å². The Kier molecular flexibility index (Phi) is 8.81. The molecule has 1 aliphatic rings. The van der Waals surface area contributed by atoms with Crippen LogP contribution < -0.4 is 10.6 Å². The van der Waals surface area contributed by atoms with Gasteiger partial charge in [-0.15, -0.1) is 30.7 Å². The first-order valence-corrected chi connectivity index (χ1v) is 9.74. The highest BCUT2D eigenvalue weighted by Crippen LogP contribution is 2.27. The van der Waals surface area contributed by atoms with Crippen LogP contribution in [0.3, 0.4) is 0 Å². The third-order valence-electron chi connectivity index (χ3n) is 4.29. The van der Waals surface area contributed by atoms with Crippen LogP contribution in [0.25, 0.3) is 0 Å². The number of anilines is 1. The highest BCUT2D eigenvalue weighted by Gasteiger charge is 2.25. The van der Waals surface area contributed by atoms with Crippen LogP contribution in [0.2, 0.25) is 0 Å². The first kappa shape index (κ1) is 21.4. The van der Waals surface area contributed by atoms with Gasteiger partial charge in [-0.25, -0.2) is 0 Å². The fraction of sp³-hybridized carbons (Fsp3) is 0.300. The molecule has 0 bridgehead atoms. The summed E-state index contributed by atoms with van der Waals surface area (Å²) in [5.74, 6) is 0.820. The van der Waals surface area contributed by atoms with Crippen LogP contribution >= 0.6 is 24.2 Å². The van der Waals surface area contributed by atoms with E-state index >= 15 is 0 Å². The number of hydrogen-bond donors (Lipinski definition) is 2. The van der Waals surface area contributed by atoms with Gasteiger partial charge in [-0.05, 0) is 23.8 Å². The molecule has 1 aliphatic heterocycles. The summed E-state index contributed by atoms with van der Waals surface area (Å²) in [6, 6.07) is 12.1. The van der Waals surface area contributed by atoms with Crippen molar-refractivity contribution in [3.63, 3.8) is 0 Å². The molecule has 3 rings (SSSR count). The van der Waals surface area contributed by atoms with Gasteiger partial charge in [0.2, 0.25) is 5.91 Å². The van der Waals surface area contributed by atoms with Crippen LogP contribution in [-0.2, 0) is 4.79 Å². The van der Waals surface area contributed by atoms with E-state index in [0.717, 1.165) is 41.5 Å². The van der Waals surface area contributed by atoms with Gasteiger partial charge >= 0.3 is 0 Å². The largest absolute Gasteiger partial charge is 0.324 e. The van der Waals surface area contributed by atoms with Gasteiger partial charge in [0.1, 0.15) is 0 Å². The second-order valence-electron chi connectivity index (χ2n) is 6.12. The smallest absolute Gasteiger partial charge is 0.238 e. The Morgan fingerprint density at radius 3 is 3.00 bits per heavy atom. The van der Waals surface area contributed by atoms with Gasteiger partial charge in [-0.3, -0.25) is 14.7 Å². The molecular formula is C20H25ClN4OS. The Labute approximate surface area is 171 Å². The minimum atomic E-state index is 0. The maximum Gasteiger partial charge on any atom is 0.238 e. The quantitative estimate of drug-likeness (QED) is 0.547. The molecule has 2 heterocycles. The molecule has 0 radical (unpaired) electrons. The summed E-state index contributed by atoms with van der Waals surface area (Å²) in [5.41, 5.74) is 1.99. The molecule has 1 aromatic carbocycles. The van der Waals surface area contributed by atoms with E-state index in [9.17, 15) is 4.79 Å². The number of nitrogens with one attached hydrogen (secondary N) is 2. The maximum atomic E-state index is 12.7.